The Labute approximate surface area is 157 Å². The number of aryl methyl sites for hydroxylation is 1. The van der Waals surface area contributed by atoms with Crippen LogP contribution in [0.15, 0.2) is 18.2 Å². The van der Waals surface area contributed by atoms with Crippen molar-refractivity contribution >= 4 is 39.3 Å². The van der Waals surface area contributed by atoms with Crippen molar-refractivity contribution in [2.75, 3.05) is 34.7 Å². The van der Waals surface area contributed by atoms with Crippen molar-refractivity contribution in [3.05, 3.63) is 29.3 Å². The molecule has 7 nitrogen and oxygen atoms in total. The summed E-state index contributed by atoms with van der Waals surface area (Å²) in [6.07, 6.45) is 0.534. The summed E-state index contributed by atoms with van der Waals surface area (Å²) in [6, 6.07) is 4.71. The minimum absolute atomic E-state index is 0.0676. The second-order valence-corrected chi connectivity index (χ2v) is 9.73. The van der Waals surface area contributed by atoms with Gasteiger partial charge < -0.3 is 10.0 Å². The Kier molecular flexibility index (Phi) is 5.47. The Morgan fingerprint density at radius 2 is 2.08 bits per heavy atom. The lowest BCUT2D eigenvalue weighted by Crippen LogP contribution is -2.47. The van der Waals surface area contributed by atoms with E-state index in [0.717, 1.165) is 5.75 Å². The summed E-state index contributed by atoms with van der Waals surface area (Å²) >= 11 is 1.65. The first-order valence-electron chi connectivity index (χ1n) is 8.51. The molecule has 0 bridgehead atoms. The number of carbonyl (C=O) groups is 2. The number of thioether (sulfide) groups is 1. The fraction of sp³-hybridized carbons (Fsp3) is 0.529. The van der Waals surface area contributed by atoms with Crippen LogP contribution >= 0.6 is 11.8 Å². The molecular formula is C17H22N2O5S2. The highest BCUT2D eigenvalue weighted by Crippen LogP contribution is 2.28. The minimum Gasteiger partial charge on any atom is -0.481 e. The summed E-state index contributed by atoms with van der Waals surface area (Å²) in [4.78, 5) is 25.7. The first kappa shape index (κ1) is 19.0. The molecule has 2 heterocycles. The van der Waals surface area contributed by atoms with E-state index in [1.165, 1.54) is 4.31 Å². The second kappa shape index (κ2) is 7.48. The van der Waals surface area contributed by atoms with E-state index in [1.807, 2.05) is 0 Å². The molecular weight excluding hydrogens is 376 g/mol. The van der Waals surface area contributed by atoms with Crippen LogP contribution in [0.4, 0.5) is 5.69 Å². The number of amides is 1. The van der Waals surface area contributed by atoms with Crippen LogP contribution in [-0.2, 0) is 14.8 Å². The lowest BCUT2D eigenvalue weighted by atomic mass is 10.0. The van der Waals surface area contributed by atoms with Gasteiger partial charge in [0.2, 0.25) is 10.0 Å². The molecule has 9 heteroatoms. The number of aliphatic carboxylic acids is 1. The SMILES string of the molecule is Cc1cc(N2CCCS2(=O)=O)ccc1C(=O)N1CCSCC1CC(=O)O. The molecule has 0 spiro atoms. The molecule has 0 aliphatic carbocycles. The summed E-state index contributed by atoms with van der Waals surface area (Å²) in [6.45, 7) is 2.76. The van der Waals surface area contributed by atoms with Gasteiger partial charge in [-0.15, -0.1) is 0 Å². The number of rotatable bonds is 4. The first-order valence-corrected chi connectivity index (χ1v) is 11.3. The van der Waals surface area contributed by atoms with Crippen molar-refractivity contribution in [3.63, 3.8) is 0 Å². The van der Waals surface area contributed by atoms with E-state index in [0.29, 0.717) is 42.1 Å². The van der Waals surface area contributed by atoms with E-state index in [1.54, 1.807) is 41.8 Å². The maximum absolute atomic E-state index is 13.0. The molecule has 2 fully saturated rings. The molecule has 1 unspecified atom stereocenters. The zero-order chi connectivity index (χ0) is 18.9. The Bertz CT molecular complexity index is 824. The van der Waals surface area contributed by atoms with Gasteiger partial charge in [0.1, 0.15) is 0 Å². The van der Waals surface area contributed by atoms with Crippen molar-refractivity contribution in [2.24, 2.45) is 0 Å². The molecule has 1 aromatic carbocycles. The van der Waals surface area contributed by atoms with Gasteiger partial charge in [0, 0.05) is 30.2 Å². The van der Waals surface area contributed by atoms with E-state index in [4.69, 9.17) is 5.11 Å². The molecule has 2 aliphatic heterocycles. The maximum atomic E-state index is 13.0. The molecule has 0 radical (unpaired) electrons. The normalized spacial score (nSPS) is 22.4. The minimum atomic E-state index is -3.26. The Morgan fingerprint density at radius 3 is 2.69 bits per heavy atom. The molecule has 0 aromatic heterocycles. The Morgan fingerprint density at radius 1 is 1.31 bits per heavy atom. The molecule has 3 rings (SSSR count). The number of hydrogen-bond donors (Lipinski definition) is 1. The number of carboxylic acids is 1. The van der Waals surface area contributed by atoms with E-state index in [-0.39, 0.29) is 24.1 Å². The maximum Gasteiger partial charge on any atom is 0.305 e. The fourth-order valence-electron chi connectivity index (χ4n) is 3.42. The first-order chi connectivity index (χ1) is 12.3. The van der Waals surface area contributed by atoms with Crippen LogP contribution in [0.3, 0.4) is 0 Å². The standard InChI is InChI=1S/C17H22N2O5S2/c1-12-9-13(19-5-2-8-26(19,23)24)3-4-15(12)17(22)18-6-7-25-11-14(18)10-16(20)21/h3-4,9,14H,2,5-8,10-11H2,1H3,(H,20,21). The van der Waals surface area contributed by atoms with E-state index >= 15 is 0 Å². The Balaban J connectivity index is 1.84. The highest BCUT2D eigenvalue weighted by molar-refractivity contribution is 7.99. The van der Waals surface area contributed by atoms with E-state index < -0.39 is 16.0 Å². The van der Waals surface area contributed by atoms with Crippen molar-refractivity contribution in [2.45, 2.75) is 25.8 Å². The molecule has 1 N–H and O–H groups in total. The van der Waals surface area contributed by atoms with Crippen molar-refractivity contribution in [1.82, 2.24) is 4.90 Å². The van der Waals surface area contributed by atoms with Crippen molar-refractivity contribution in [3.8, 4) is 0 Å². The van der Waals surface area contributed by atoms with Gasteiger partial charge >= 0.3 is 5.97 Å². The van der Waals surface area contributed by atoms with Gasteiger partial charge in [0.05, 0.1) is 23.9 Å². The Hall–Kier alpha value is -1.74. The van der Waals surface area contributed by atoms with Crippen LogP contribution in [0.25, 0.3) is 0 Å². The summed E-state index contributed by atoms with van der Waals surface area (Å²) in [5.41, 5.74) is 1.77. The molecule has 142 valence electrons. The van der Waals surface area contributed by atoms with Crippen LogP contribution in [0.1, 0.15) is 28.8 Å². The molecule has 1 atom stereocenters. The molecule has 1 aromatic rings. The quantitative estimate of drug-likeness (QED) is 0.827. The lowest BCUT2D eigenvalue weighted by molar-refractivity contribution is -0.138. The van der Waals surface area contributed by atoms with Gasteiger partial charge in [-0.25, -0.2) is 8.42 Å². The van der Waals surface area contributed by atoms with Gasteiger partial charge in [0.15, 0.2) is 0 Å². The van der Waals surface area contributed by atoms with Crippen LogP contribution in [-0.4, -0.2) is 66.7 Å². The number of anilines is 1. The third kappa shape index (κ3) is 3.83. The number of hydrogen-bond acceptors (Lipinski definition) is 5. The average Bonchev–Trinajstić information content (AvgIpc) is 2.93. The third-order valence-corrected chi connectivity index (χ3v) is 7.69. The highest BCUT2D eigenvalue weighted by atomic mass is 32.2. The van der Waals surface area contributed by atoms with Gasteiger partial charge in [-0.2, -0.15) is 11.8 Å². The smallest absolute Gasteiger partial charge is 0.305 e. The third-order valence-electron chi connectivity index (χ3n) is 4.73. The summed E-state index contributed by atoms with van der Waals surface area (Å²) in [7, 11) is -3.26. The fourth-order valence-corrected chi connectivity index (χ4v) is 6.04. The number of carbonyl (C=O) groups excluding carboxylic acids is 1. The predicted octanol–water partition coefficient (Wildman–Crippen LogP) is 1.57. The van der Waals surface area contributed by atoms with Crippen molar-refractivity contribution < 1.29 is 23.1 Å². The van der Waals surface area contributed by atoms with Crippen LogP contribution < -0.4 is 4.31 Å². The molecule has 0 saturated carbocycles. The number of nitrogens with zero attached hydrogens (tertiary/aromatic N) is 2. The zero-order valence-corrected chi connectivity index (χ0v) is 16.2. The zero-order valence-electron chi connectivity index (χ0n) is 14.6. The molecule has 26 heavy (non-hydrogen) atoms. The second-order valence-electron chi connectivity index (χ2n) is 6.57. The van der Waals surface area contributed by atoms with Crippen LogP contribution in [0.2, 0.25) is 0 Å². The van der Waals surface area contributed by atoms with Crippen LogP contribution in [0, 0.1) is 6.92 Å². The largest absolute Gasteiger partial charge is 0.481 e. The topological polar surface area (TPSA) is 95.0 Å². The summed E-state index contributed by atoms with van der Waals surface area (Å²) in [5, 5.41) is 9.09. The number of carboxylic acid groups (broad SMARTS) is 1. The van der Waals surface area contributed by atoms with Gasteiger partial charge in [-0.3, -0.25) is 13.9 Å². The van der Waals surface area contributed by atoms with Gasteiger partial charge in [0.25, 0.3) is 5.91 Å². The molecule has 1 amide bonds. The lowest BCUT2D eigenvalue weighted by Gasteiger charge is -2.35. The molecule has 2 aliphatic rings. The van der Waals surface area contributed by atoms with Crippen LogP contribution in [0.5, 0.6) is 0 Å². The highest BCUT2D eigenvalue weighted by Gasteiger charge is 2.32. The average molecular weight is 399 g/mol. The summed E-state index contributed by atoms with van der Waals surface area (Å²) in [5.74, 6) is 0.438. The van der Waals surface area contributed by atoms with Gasteiger partial charge in [-0.05, 0) is 37.1 Å². The number of sulfonamides is 1. The number of benzene rings is 1. The summed E-state index contributed by atoms with van der Waals surface area (Å²) < 4.78 is 25.5. The molecule has 2 saturated heterocycles. The predicted molar refractivity (Wildman–Crippen MR) is 101 cm³/mol. The van der Waals surface area contributed by atoms with E-state index in [9.17, 15) is 18.0 Å². The van der Waals surface area contributed by atoms with Gasteiger partial charge in [-0.1, -0.05) is 0 Å². The van der Waals surface area contributed by atoms with Crippen molar-refractivity contribution in [1.29, 1.82) is 0 Å². The van der Waals surface area contributed by atoms with E-state index in [2.05, 4.69) is 0 Å². The monoisotopic (exact) mass is 398 g/mol.